The molecule has 1 atom stereocenters. The van der Waals surface area contributed by atoms with Crippen LogP contribution in [0.25, 0.3) is 5.69 Å². The predicted octanol–water partition coefficient (Wildman–Crippen LogP) is 2.81. The van der Waals surface area contributed by atoms with Gasteiger partial charge < -0.3 is 10.6 Å². The fourth-order valence-corrected chi connectivity index (χ4v) is 3.54. The maximum atomic E-state index is 13.0. The van der Waals surface area contributed by atoms with Crippen LogP contribution >= 0.6 is 0 Å². The van der Waals surface area contributed by atoms with Gasteiger partial charge in [0.2, 0.25) is 5.91 Å². The second-order valence-electron chi connectivity index (χ2n) is 8.21. The number of benzene rings is 2. The van der Waals surface area contributed by atoms with Crippen LogP contribution in [0.4, 0.5) is 0 Å². The number of hydrogen-bond acceptors (Lipinski definition) is 4. The predicted molar refractivity (Wildman–Crippen MR) is 118 cm³/mol. The zero-order valence-electron chi connectivity index (χ0n) is 18.1. The Morgan fingerprint density at radius 1 is 1.06 bits per heavy atom. The van der Waals surface area contributed by atoms with Gasteiger partial charge in [-0.1, -0.05) is 48.0 Å². The van der Waals surface area contributed by atoms with Crippen LogP contribution < -0.4 is 10.6 Å². The summed E-state index contributed by atoms with van der Waals surface area (Å²) in [5, 5.41) is 14.7. The average molecular weight is 418 g/mol. The largest absolute Gasteiger partial charge is 0.352 e. The lowest BCUT2D eigenvalue weighted by Gasteiger charge is -2.18. The zero-order chi connectivity index (χ0) is 22.0. The standard InChI is InChI=1S/C24H27N5O2/c1-15-9-12-21(16(2)13-15)29-27-17(3)22(28-29)24(31)26-20(23(30)25-19-10-11-19)14-18-7-5-4-6-8-18/h4-9,12-13,19-20H,10-11,14H2,1-3H3,(H,25,30)(H,26,31). The van der Waals surface area contributed by atoms with Crippen LogP contribution in [0.15, 0.2) is 48.5 Å². The molecule has 0 spiro atoms. The number of carbonyl (C=O) groups excluding carboxylic acids is 2. The van der Waals surface area contributed by atoms with Crippen molar-refractivity contribution in [2.45, 2.75) is 52.1 Å². The van der Waals surface area contributed by atoms with E-state index in [1.165, 1.54) is 4.80 Å². The molecule has 0 aliphatic heterocycles. The van der Waals surface area contributed by atoms with Crippen LogP contribution in [0, 0.1) is 20.8 Å². The van der Waals surface area contributed by atoms with Crippen LogP contribution in [0.3, 0.4) is 0 Å². The third-order valence-corrected chi connectivity index (χ3v) is 5.39. The van der Waals surface area contributed by atoms with Gasteiger partial charge in [-0.15, -0.1) is 5.10 Å². The van der Waals surface area contributed by atoms with Crippen molar-refractivity contribution in [2.24, 2.45) is 0 Å². The quantitative estimate of drug-likeness (QED) is 0.619. The highest BCUT2D eigenvalue weighted by molar-refractivity contribution is 5.97. The highest BCUT2D eigenvalue weighted by Crippen LogP contribution is 2.19. The minimum Gasteiger partial charge on any atom is -0.352 e. The fraction of sp³-hybridized carbons (Fsp3) is 0.333. The second-order valence-corrected chi connectivity index (χ2v) is 8.21. The Morgan fingerprint density at radius 2 is 1.81 bits per heavy atom. The van der Waals surface area contributed by atoms with Crippen LogP contribution in [0.2, 0.25) is 0 Å². The summed E-state index contributed by atoms with van der Waals surface area (Å²) in [4.78, 5) is 27.3. The van der Waals surface area contributed by atoms with E-state index in [-0.39, 0.29) is 17.6 Å². The van der Waals surface area contributed by atoms with Crippen LogP contribution in [-0.2, 0) is 11.2 Å². The van der Waals surface area contributed by atoms with E-state index in [4.69, 9.17) is 0 Å². The van der Waals surface area contributed by atoms with Crippen molar-refractivity contribution in [1.82, 2.24) is 25.6 Å². The molecule has 1 aliphatic rings. The molecule has 2 amide bonds. The van der Waals surface area contributed by atoms with Gasteiger partial charge in [0, 0.05) is 12.5 Å². The third kappa shape index (κ3) is 4.99. The van der Waals surface area contributed by atoms with Gasteiger partial charge in [-0.3, -0.25) is 9.59 Å². The summed E-state index contributed by atoms with van der Waals surface area (Å²) >= 11 is 0. The number of carbonyl (C=O) groups is 2. The molecule has 0 saturated heterocycles. The monoisotopic (exact) mass is 417 g/mol. The zero-order valence-corrected chi connectivity index (χ0v) is 18.1. The molecule has 7 nitrogen and oxygen atoms in total. The average Bonchev–Trinajstić information content (AvgIpc) is 3.47. The molecule has 3 aromatic rings. The molecule has 0 radical (unpaired) electrons. The fourth-order valence-electron chi connectivity index (χ4n) is 3.54. The summed E-state index contributed by atoms with van der Waals surface area (Å²) in [5.74, 6) is -0.570. The number of nitrogens with one attached hydrogen (secondary N) is 2. The van der Waals surface area contributed by atoms with E-state index in [2.05, 4.69) is 20.8 Å². The smallest absolute Gasteiger partial charge is 0.274 e. The maximum absolute atomic E-state index is 13.0. The Balaban J connectivity index is 1.55. The Morgan fingerprint density at radius 3 is 2.48 bits per heavy atom. The normalized spacial score (nSPS) is 14.2. The van der Waals surface area contributed by atoms with E-state index >= 15 is 0 Å². The van der Waals surface area contributed by atoms with Crippen molar-refractivity contribution in [2.75, 3.05) is 0 Å². The number of aromatic nitrogens is 3. The molecule has 0 bridgehead atoms. The molecule has 1 saturated carbocycles. The van der Waals surface area contributed by atoms with Crippen molar-refractivity contribution >= 4 is 11.8 Å². The van der Waals surface area contributed by atoms with Gasteiger partial charge >= 0.3 is 0 Å². The molecular formula is C24H27N5O2. The molecule has 2 N–H and O–H groups in total. The SMILES string of the molecule is Cc1ccc(-n2nc(C)c(C(=O)NC(Cc3ccccc3)C(=O)NC3CC3)n2)c(C)c1. The van der Waals surface area contributed by atoms with E-state index in [0.29, 0.717) is 12.1 Å². The Kier molecular flexibility index (Phi) is 5.84. The van der Waals surface area contributed by atoms with E-state index in [1.807, 2.05) is 62.4 Å². The first-order valence-corrected chi connectivity index (χ1v) is 10.6. The summed E-state index contributed by atoms with van der Waals surface area (Å²) in [7, 11) is 0. The first-order valence-electron chi connectivity index (χ1n) is 10.6. The minimum absolute atomic E-state index is 0.167. The molecule has 160 valence electrons. The van der Waals surface area contributed by atoms with Gasteiger partial charge in [-0.25, -0.2) is 0 Å². The van der Waals surface area contributed by atoms with Crippen LogP contribution in [0.1, 0.15) is 45.7 Å². The van der Waals surface area contributed by atoms with Gasteiger partial charge in [0.05, 0.1) is 11.4 Å². The summed E-state index contributed by atoms with van der Waals surface area (Å²) < 4.78 is 0. The van der Waals surface area contributed by atoms with Gasteiger partial charge in [-0.2, -0.15) is 9.90 Å². The Bertz CT molecular complexity index is 1100. The lowest BCUT2D eigenvalue weighted by molar-refractivity contribution is -0.123. The summed E-state index contributed by atoms with van der Waals surface area (Å²) in [6.45, 7) is 5.76. The topological polar surface area (TPSA) is 88.9 Å². The molecule has 1 fully saturated rings. The third-order valence-electron chi connectivity index (χ3n) is 5.39. The van der Waals surface area contributed by atoms with E-state index < -0.39 is 11.9 Å². The van der Waals surface area contributed by atoms with E-state index in [9.17, 15) is 9.59 Å². The highest BCUT2D eigenvalue weighted by Gasteiger charge is 2.30. The Hall–Kier alpha value is -3.48. The van der Waals surface area contributed by atoms with Crippen molar-refractivity contribution in [3.05, 3.63) is 76.6 Å². The van der Waals surface area contributed by atoms with Gasteiger partial charge in [0.15, 0.2) is 5.69 Å². The van der Waals surface area contributed by atoms with E-state index in [1.54, 1.807) is 6.92 Å². The molecular weight excluding hydrogens is 390 g/mol. The summed E-state index contributed by atoms with van der Waals surface area (Å²) in [6.07, 6.45) is 2.39. The number of rotatable bonds is 7. The van der Waals surface area contributed by atoms with Crippen molar-refractivity contribution in [1.29, 1.82) is 0 Å². The number of amides is 2. The summed E-state index contributed by atoms with van der Waals surface area (Å²) in [5.41, 5.74) is 4.70. The minimum atomic E-state index is -0.679. The first-order chi connectivity index (χ1) is 14.9. The lowest BCUT2D eigenvalue weighted by Crippen LogP contribution is -2.48. The number of hydrogen-bond donors (Lipinski definition) is 2. The first kappa shape index (κ1) is 20.8. The van der Waals surface area contributed by atoms with Crippen molar-refractivity contribution in [3.63, 3.8) is 0 Å². The summed E-state index contributed by atoms with van der Waals surface area (Å²) in [6, 6.07) is 15.2. The molecule has 1 aromatic heterocycles. The van der Waals surface area contributed by atoms with Crippen molar-refractivity contribution < 1.29 is 9.59 Å². The Labute approximate surface area is 181 Å². The van der Waals surface area contributed by atoms with Gasteiger partial charge in [0.1, 0.15) is 6.04 Å². The molecule has 1 unspecified atom stereocenters. The molecule has 7 heteroatoms. The molecule has 2 aromatic carbocycles. The number of aryl methyl sites for hydroxylation is 3. The molecule has 1 aliphatic carbocycles. The lowest BCUT2D eigenvalue weighted by atomic mass is 10.0. The van der Waals surface area contributed by atoms with Gasteiger partial charge in [-0.05, 0) is 50.8 Å². The molecule has 1 heterocycles. The highest BCUT2D eigenvalue weighted by atomic mass is 16.2. The van der Waals surface area contributed by atoms with Gasteiger partial charge in [0.25, 0.3) is 5.91 Å². The van der Waals surface area contributed by atoms with Crippen molar-refractivity contribution in [3.8, 4) is 5.69 Å². The van der Waals surface area contributed by atoms with Crippen LogP contribution in [-0.4, -0.2) is 38.9 Å². The number of nitrogens with zero attached hydrogens (tertiary/aromatic N) is 3. The van der Waals surface area contributed by atoms with Crippen LogP contribution in [0.5, 0.6) is 0 Å². The molecule has 4 rings (SSSR count). The van der Waals surface area contributed by atoms with E-state index in [0.717, 1.165) is 35.2 Å². The maximum Gasteiger partial charge on any atom is 0.274 e. The second kappa shape index (κ2) is 8.71. The molecule has 31 heavy (non-hydrogen) atoms.